The van der Waals surface area contributed by atoms with Crippen LogP contribution in [0.5, 0.6) is 0 Å². The maximum atomic E-state index is 11.9. The smallest absolute Gasteiger partial charge is 0.303 e. The molecule has 1 aliphatic heterocycles. The van der Waals surface area contributed by atoms with Crippen LogP contribution in [0.15, 0.2) is 13.2 Å². The molecule has 0 bridgehead atoms. The summed E-state index contributed by atoms with van der Waals surface area (Å²) in [5.74, 6) is 1.15. The number of terminal acetylenes is 2. The van der Waals surface area contributed by atoms with E-state index in [9.17, 15) is 25.2 Å². The monoisotopic (exact) mass is 791 g/mol. The van der Waals surface area contributed by atoms with Gasteiger partial charge in [-0.15, -0.1) is 38.9 Å². The molecule has 6 fully saturated rings. The summed E-state index contributed by atoms with van der Waals surface area (Å²) < 4.78 is 18.3. The minimum Gasteiger partial charge on any atom is -0.460 e. The number of carbonyl (C=O) groups is 1. The van der Waals surface area contributed by atoms with Gasteiger partial charge in [0.1, 0.15) is 6.10 Å². The largest absolute Gasteiger partial charge is 0.460 e. The van der Waals surface area contributed by atoms with E-state index in [4.69, 9.17) is 19.3 Å². The first kappa shape index (κ1) is 52.1. The Balaban J connectivity index is 0.00000145. The van der Waals surface area contributed by atoms with Gasteiger partial charge in [0.05, 0.1) is 36.6 Å². The molecule has 0 aromatic heterocycles. The van der Waals surface area contributed by atoms with Gasteiger partial charge in [-0.1, -0.05) is 55.4 Å². The van der Waals surface area contributed by atoms with Crippen LogP contribution >= 0.6 is 0 Å². The fourth-order valence-electron chi connectivity index (χ4n) is 13.5. The van der Waals surface area contributed by atoms with Gasteiger partial charge in [0.25, 0.3) is 0 Å². The number of carbonyl (C=O) groups excluding carboxylic acids is 1. The Morgan fingerprint density at radius 3 is 2.00 bits per heavy atom. The average Bonchev–Trinajstić information content (AvgIpc) is 3.63. The van der Waals surface area contributed by atoms with E-state index in [1.807, 2.05) is 20.8 Å². The highest BCUT2D eigenvalue weighted by Gasteiger charge is 2.85. The van der Waals surface area contributed by atoms with E-state index in [2.05, 4.69) is 73.5 Å². The zero-order chi connectivity index (χ0) is 43.8. The van der Waals surface area contributed by atoms with Gasteiger partial charge in [0.2, 0.25) is 0 Å². The van der Waals surface area contributed by atoms with Gasteiger partial charge >= 0.3 is 5.97 Å². The summed E-state index contributed by atoms with van der Waals surface area (Å²) >= 11 is 0. The number of hydrogen-bond acceptors (Lipinski definition) is 9. The summed E-state index contributed by atoms with van der Waals surface area (Å²) in [6.07, 6.45) is 21.5. The predicted molar refractivity (Wildman–Crippen MR) is 225 cm³/mol. The third kappa shape index (κ3) is 8.81. The molecule has 324 valence electrons. The van der Waals surface area contributed by atoms with Crippen LogP contribution in [0.1, 0.15) is 134 Å². The molecule has 6 rings (SSSR count). The van der Waals surface area contributed by atoms with Crippen LogP contribution in [-0.2, 0) is 19.0 Å². The van der Waals surface area contributed by atoms with Crippen molar-refractivity contribution in [2.45, 2.75) is 176 Å². The Morgan fingerprint density at radius 1 is 0.893 bits per heavy atom. The molecule has 0 amide bonds. The zero-order valence-corrected chi connectivity index (χ0v) is 37.2. The van der Waals surface area contributed by atoms with Crippen LogP contribution in [0.3, 0.4) is 0 Å². The van der Waals surface area contributed by atoms with Gasteiger partial charge in [-0.2, -0.15) is 0 Å². The summed E-state index contributed by atoms with van der Waals surface area (Å²) in [4.78, 5) is 11.8. The molecule has 5 aliphatic carbocycles. The van der Waals surface area contributed by atoms with E-state index in [1.165, 1.54) is 6.92 Å². The quantitative estimate of drug-likeness (QED) is 0.0735. The Morgan fingerprint density at radius 2 is 1.46 bits per heavy atom. The van der Waals surface area contributed by atoms with E-state index in [1.54, 1.807) is 13.8 Å². The first-order valence-corrected chi connectivity index (χ1v) is 21.2. The van der Waals surface area contributed by atoms with Gasteiger partial charge < -0.3 is 39.7 Å². The summed E-state index contributed by atoms with van der Waals surface area (Å²) in [5.41, 5.74) is -0.943. The van der Waals surface area contributed by atoms with Gasteiger partial charge in [-0.3, -0.25) is 4.79 Å². The Hall–Kier alpha value is -1.95. The fraction of sp³-hybridized carbons (Fsp3) is 0.851. The molecule has 1 heterocycles. The van der Waals surface area contributed by atoms with E-state index < -0.39 is 29.9 Å². The van der Waals surface area contributed by atoms with Gasteiger partial charge in [0.15, 0.2) is 6.29 Å². The van der Waals surface area contributed by atoms with Gasteiger partial charge in [-0.05, 0) is 129 Å². The molecule has 56 heavy (non-hydrogen) atoms. The first-order valence-electron chi connectivity index (χ1n) is 21.2. The van der Waals surface area contributed by atoms with Crippen molar-refractivity contribution < 1.29 is 44.5 Å². The summed E-state index contributed by atoms with van der Waals surface area (Å²) in [7, 11) is 1.00. The van der Waals surface area contributed by atoms with Crippen LogP contribution in [0.2, 0.25) is 0 Å². The zero-order valence-electron chi connectivity index (χ0n) is 37.2. The maximum Gasteiger partial charge on any atom is 0.303 e. The molecule has 16 atom stereocenters. The summed E-state index contributed by atoms with van der Waals surface area (Å²) in [6, 6.07) is 0. The van der Waals surface area contributed by atoms with Crippen LogP contribution in [0.4, 0.5) is 0 Å². The minimum atomic E-state index is -1.15. The van der Waals surface area contributed by atoms with Crippen molar-refractivity contribution in [3.8, 4) is 25.7 Å². The second kappa shape index (κ2) is 20.8. The molecule has 1 saturated heterocycles. The molecule has 5 saturated carbocycles. The van der Waals surface area contributed by atoms with Crippen LogP contribution in [0, 0.1) is 88.8 Å². The van der Waals surface area contributed by atoms with Crippen LogP contribution < -0.4 is 0 Å². The van der Waals surface area contributed by atoms with E-state index in [0.29, 0.717) is 43.6 Å². The van der Waals surface area contributed by atoms with Crippen molar-refractivity contribution in [1.82, 2.24) is 0 Å². The molecule has 6 aliphatic rings. The Kier molecular flexibility index (Phi) is 19.4. The second-order valence-electron chi connectivity index (χ2n) is 18.3. The molecule has 2 spiro atoms. The molecular weight excluding hydrogens is 709 g/mol. The van der Waals surface area contributed by atoms with Crippen LogP contribution in [0.25, 0.3) is 0 Å². The molecule has 5 N–H and O–H groups in total. The van der Waals surface area contributed by atoms with Crippen molar-refractivity contribution >= 4 is 5.97 Å². The van der Waals surface area contributed by atoms with Crippen molar-refractivity contribution in [3.63, 3.8) is 0 Å². The predicted octanol–water partition coefficient (Wildman–Crippen LogP) is 7.41. The van der Waals surface area contributed by atoms with Crippen molar-refractivity contribution in [1.29, 1.82) is 0 Å². The standard InChI is InChI=1S/C38H64O8.C2H6.C2H4.2C2H2.CH4O/c1-20(10-13-28(35(7,8)43)45-23(4)39)29-31(41)32(42)30-24-11-12-26-34(5,6)27(46-33-21(2)25(40)15-19-44-33)14-16-38(26)22(3)37(24,38)18-17-36(29,30)9;5*1-2/h20-22,24-33,40-43H,10-19H2,1-9H3;1-2H3;1-2H2;2*1-2H;2H,1H3/t20-,21-,22+,24+,25+,26?,27+,28+,29?,30?,31+,32-,33+,36-,37+,38?;;;;;/m1...../s1. The fourth-order valence-corrected chi connectivity index (χ4v) is 13.5. The molecular formula is C47H82O9. The lowest BCUT2D eigenvalue weighted by atomic mass is 9.46. The maximum absolute atomic E-state index is 11.9. The Bertz CT molecular complexity index is 1250. The molecule has 4 unspecified atom stereocenters. The highest BCUT2D eigenvalue weighted by atomic mass is 16.7. The average molecular weight is 791 g/mol. The molecule has 9 nitrogen and oxygen atoms in total. The topological polar surface area (TPSA) is 146 Å². The van der Waals surface area contributed by atoms with Crippen molar-refractivity contribution in [2.75, 3.05) is 13.7 Å². The molecule has 0 radical (unpaired) electrons. The lowest BCUT2D eigenvalue weighted by Crippen LogP contribution is -2.56. The third-order valence-corrected chi connectivity index (χ3v) is 15.7. The second-order valence-corrected chi connectivity index (χ2v) is 18.3. The normalized spacial score (nSPS) is 42.1. The summed E-state index contributed by atoms with van der Waals surface area (Å²) in [6.45, 7) is 29.1. The van der Waals surface area contributed by atoms with Crippen molar-refractivity contribution in [3.05, 3.63) is 13.2 Å². The summed E-state index contributed by atoms with van der Waals surface area (Å²) in [5, 5.41) is 51.8. The minimum absolute atomic E-state index is 0.0307. The number of aliphatic hydroxyl groups is 5. The number of esters is 1. The molecule has 0 aromatic carbocycles. The number of aliphatic hydroxyl groups excluding tert-OH is 4. The molecule has 9 heteroatoms. The van der Waals surface area contributed by atoms with E-state index in [0.717, 1.165) is 45.6 Å². The lowest BCUT2D eigenvalue weighted by Gasteiger charge is -2.60. The number of fused-ring (bicyclic) bond motifs is 2. The van der Waals surface area contributed by atoms with Crippen LogP contribution in [-0.4, -0.2) is 87.6 Å². The van der Waals surface area contributed by atoms with E-state index in [-0.39, 0.29) is 63.8 Å². The third-order valence-electron chi connectivity index (χ3n) is 15.7. The SMILES string of the molecule is C#C.C#C.C=C.CC.CC(=O)O[C@@H](CC[C@@H](C)C1[C@H](O)[C@H](O)C2[C@@H]3CCC4C(C)(C)[C@@H](O[C@@H]5OCC[C@H](O)[C@H]5C)CCC45[C@@H](C)[C@@]35CC[C@]12C)C(C)(C)O.CO. The lowest BCUT2D eigenvalue weighted by molar-refractivity contribution is -0.268. The van der Waals surface area contributed by atoms with Crippen molar-refractivity contribution in [2.24, 2.45) is 63.1 Å². The van der Waals surface area contributed by atoms with E-state index >= 15 is 0 Å². The molecule has 0 aromatic rings. The Labute approximate surface area is 341 Å². The van der Waals surface area contributed by atoms with Gasteiger partial charge in [0, 0.05) is 20.0 Å². The highest BCUT2D eigenvalue weighted by Crippen LogP contribution is 2.89. The highest BCUT2D eigenvalue weighted by molar-refractivity contribution is 5.66. The first-order chi connectivity index (χ1) is 26.4. The van der Waals surface area contributed by atoms with Gasteiger partial charge in [-0.25, -0.2) is 0 Å². The number of ether oxygens (including phenoxy) is 3. The number of rotatable bonds is 8. The number of hydrogen-bond donors (Lipinski definition) is 5.